The van der Waals surface area contributed by atoms with Crippen LogP contribution in [0.4, 0.5) is 10.2 Å². The maximum absolute atomic E-state index is 14.4. The Morgan fingerprint density at radius 3 is 2.50 bits per heavy atom. The Labute approximate surface area is 226 Å². The fourth-order valence-corrected chi connectivity index (χ4v) is 4.35. The second-order valence-corrected chi connectivity index (χ2v) is 9.48. The molecule has 1 fully saturated rings. The van der Waals surface area contributed by atoms with Crippen molar-refractivity contribution in [1.82, 2.24) is 20.1 Å². The van der Waals surface area contributed by atoms with E-state index in [9.17, 15) is 19.1 Å². The topological polar surface area (TPSA) is 118 Å². The number of aromatic nitrogens is 3. The first kappa shape index (κ1) is 25.8. The fraction of sp³-hybridized carbons (Fsp3) is 0.154. The van der Waals surface area contributed by atoms with Crippen LogP contribution < -0.4 is 10.6 Å². The summed E-state index contributed by atoms with van der Waals surface area (Å²) in [4.78, 5) is 30.1. The van der Waals surface area contributed by atoms with Gasteiger partial charge in [0.15, 0.2) is 5.69 Å². The largest absolute Gasteiger partial charge is 0.383 e. The summed E-state index contributed by atoms with van der Waals surface area (Å²) < 4.78 is 20.8. The summed E-state index contributed by atoms with van der Waals surface area (Å²) in [6.07, 6.45) is 1.41. The predicted octanol–water partition coefficient (Wildman–Crippen LogP) is 4.12. The Balaban J connectivity index is 1.46. The second-order valence-electron chi connectivity index (χ2n) is 8.66. The Morgan fingerprint density at radius 2 is 1.82 bits per heavy atom. The van der Waals surface area contributed by atoms with Gasteiger partial charge < -0.3 is 20.5 Å². The first-order chi connectivity index (χ1) is 18.2. The van der Waals surface area contributed by atoms with Gasteiger partial charge in [-0.05, 0) is 36.4 Å². The summed E-state index contributed by atoms with van der Waals surface area (Å²) in [6.45, 7) is 0.234. The summed E-state index contributed by atoms with van der Waals surface area (Å²) in [5.41, 5.74) is -0.373. The van der Waals surface area contributed by atoms with Crippen LogP contribution in [0.15, 0.2) is 66.9 Å². The van der Waals surface area contributed by atoms with Crippen LogP contribution >= 0.6 is 23.2 Å². The molecule has 3 N–H and O–H groups in total. The van der Waals surface area contributed by atoms with E-state index in [2.05, 4.69) is 20.7 Å². The molecule has 4 aromatic rings. The van der Waals surface area contributed by atoms with Gasteiger partial charge in [0.2, 0.25) is 0 Å². The van der Waals surface area contributed by atoms with Crippen molar-refractivity contribution >= 4 is 40.8 Å². The number of halogens is 3. The summed E-state index contributed by atoms with van der Waals surface area (Å²) in [6, 6.07) is 15.6. The number of carbonyl (C=O) groups excluding carboxylic acids is 2. The van der Waals surface area contributed by atoms with Gasteiger partial charge in [0.05, 0.1) is 41.1 Å². The van der Waals surface area contributed by atoms with Gasteiger partial charge in [-0.3, -0.25) is 14.6 Å². The molecule has 3 heterocycles. The lowest BCUT2D eigenvalue weighted by molar-refractivity contribution is -0.173. The van der Waals surface area contributed by atoms with Crippen LogP contribution in [0.2, 0.25) is 10.0 Å². The zero-order valence-corrected chi connectivity index (χ0v) is 21.1. The normalized spacial score (nSPS) is 14.0. The average Bonchev–Trinajstić information content (AvgIpc) is 3.31. The zero-order valence-electron chi connectivity index (χ0n) is 19.6. The van der Waals surface area contributed by atoms with Crippen LogP contribution in [0.25, 0.3) is 16.9 Å². The maximum Gasteiger partial charge on any atom is 0.271 e. The third-order valence-corrected chi connectivity index (χ3v) is 6.44. The molecular formula is C26H20Cl2FN5O4. The molecule has 38 heavy (non-hydrogen) atoms. The SMILES string of the molecule is O=C(NCC1(O)COC1)c1cc(NC(=O)c2cc(-c3ncccc3F)c(Cl)cc2Cl)n(-c2ccccc2)n1. The summed E-state index contributed by atoms with van der Waals surface area (Å²) in [7, 11) is 0. The van der Waals surface area contributed by atoms with E-state index in [0.29, 0.717) is 5.69 Å². The van der Waals surface area contributed by atoms with Gasteiger partial charge >= 0.3 is 0 Å². The number of carbonyl (C=O) groups is 2. The van der Waals surface area contributed by atoms with Gasteiger partial charge in [0.1, 0.15) is 22.9 Å². The number of ether oxygens (including phenoxy) is 1. The molecule has 9 nitrogen and oxygen atoms in total. The molecule has 0 spiro atoms. The van der Waals surface area contributed by atoms with E-state index in [0.717, 1.165) is 0 Å². The lowest BCUT2D eigenvalue weighted by Crippen LogP contribution is -2.57. The van der Waals surface area contributed by atoms with Crippen LogP contribution in [-0.4, -0.2) is 57.0 Å². The minimum absolute atomic E-state index is 0.00597. The summed E-state index contributed by atoms with van der Waals surface area (Å²) in [5.74, 6) is -1.63. The molecule has 0 bridgehead atoms. The fourth-order valence-electron chi connectivity index (χ4n) is 3.79. The summed E-state index contributed by atoms with van der Waals surface area (Å²) in [5, 5.41) is 20.0. The molecule has 0 aliphatic carbocycles. The van der Waals surface area contributed by atoms with E-state index in [-0.39, 0.29) is 58.1 Å². The highest BCUT2D eigenvalue weighted by molar-refractivity contribution is 6.38. The molecule has 2 aromatic carbocycles. The number of pyridine rings is 1. The molecular weight excluding hydrogens is 536 g/mol. The first-order valence-electron chi connectivity index (χ1n) is 11.4. The molecule has 12 heteroatoms. The van der Waals surface area contributed by atoms with Crippen molar-refractivity contribution in [3.05, 3.63) is 94.0 Å². The van der Waals surface area contributed by atoms with Gasteiger partial charge in [-0.1, -0.05) is 41.4 Å². The van der Waals surface area contributed by atoms with E-state index in [1.165, 1.54) is 41.2 Å². The van der Waals surface area contributed by atoms with Gasteiger partial charge in [0.25, 0.3) is 11.8 Å². The van der Waals surface area contributed by atoms with Crippen LogP contribution in [0, 0.1) is 5.82 Å². The lowest BCUT2D eigenvalue weighted by atomic mass is 10.0. The minimum Gasteiger partial charge on any atom is -0.383 e. The molecule has 0 saturated carbocycles. The number of nitrogens with one attached hydrogen (secondary N) is 2. The maximum atomic E-state index is 14.4. The van der Waals surface area contributed by atoms with Crippen LogP contribution in [0.1, 0.15) is 20.8 Å². The Hall–Kier alpha value is -3.83. The van der Waals surface area contributed by atoms with E-state index in [4.69, 9.17) is 27.9 Å². The first-order valence-corrected chi connectivity index (χ1v) is 12.1. The van der Waals surface area contributed by atoms with Crippen molar-refractivity contribution < 1.29 is 23.8 Å². The molecule has 1 aliphatic heterocycles. The van der Waals surface area contributed by atoms with Gasteiger partial charge in [-0.2, -0.15) is 5.10 Å². The van der Waals surface area contributed by atoms with Crippen molar-refractivity contribution in [3.63, 3.8) is 0 Å². The predicted molar refractivity (Wildman–Crippen MR) is 139 cm³/mol. The molecule has 1 saturated heterocycles. The molecule has 0 atom stereocenters. The van der Waals surface area contributed by atoms with Crippen LogP contribution in [0.3, 0.4) is 0 Å². The third kappa shape index (κ3) is 5.25. The van der Waals surface area contributed by atoms with E-state index >= 15 is 0 Å². The second kappa shape index (κ2) is 10.5. The molecule has 5 rings (SSSR count). The Morgan fingerprint density at radius 1 is 1.05 bits per heavy atom. The number of anilines is 1. The lowest BCUT2D eigenvalue weighted by Gasteiger charge is -2.36. The number of hydrogen-bond donors (Lipinski definition) is 3. The molecule has 0 radical (unpaired) electrons. The number of nitrogens with zero attached hydrogens (tertiary/aromatic N) is 3. The van der Waals surface area contributed by atoms with Gasteiger partial charge in [0, 0.05) is 17.8 Å². The highest BCUT2D eigenvalue weighted by atomic mass is 35.5. The molecule has 194 valence electrons. The number of hydrogen-bond acceptors (Lipinski definition) is 6. The summed E-state index contributed by atoms with van der Waals surface area (Å²) >= 11 is 12.6. The zero-order chi connectivity index (χ0) is 26.9. The number of benzene rings is 2. The highest BCUT2D eigenvalue weighted by Crippen LogP contribution is 2.33. The van der Waals surface area contributed by atoms with Gasteiger partial charge in [-0.25, -0.2) is 9.07 Å². The number of para-hydroxylation sites is 1. The van der Waals surface area contributed by atoms with E-state index in [1.807, 2.05) is 6.07 Å². The quantitative estimate of drug-likeness (QED) is 0.315. The molecule has 2 aromatic heterocycles. The highest BCUT2D eigenvalue weighted by Gasteiger charge is 2.36. The van der Waals surface area contributed by atoms with Crippen molar-refractivity contribution in [2.24, 2.45) is 0 Å². The van der Waals surface area contributed by atoms with Crippen LogP contribution in [-0.2, 0) is 4.74 Å². The standard InChI is InChI=1S/C26H20Cl2FN5O4/c27-18-10-19(28)17(9-16(18)23-20(29)7-4-8-30-23)24(35)32-22-11-21(25(36)31-12-26(37)13-38-14-26)33-34(22)15-5-2-1-3-6-15/h1-11,37H,12-14H2,(H,31,36)(H,32,35). The van der Waals surface area contributed by atoms with Crippen molar-refractivity contribution in [1.29, 1.82) is 0 Å². The van der Waals surface area contributed by atoms with E-state index in [1.54, 1.807) is 24.3 Å². The average molecular weight is 556 g/mol. The Kier molecular flexibility index (Phi) is 7.13. The number of amides is 2. The van der Waals surface area contributed by atoms with Crippen molar-refractivity contribution in [3.8, 4) is 16.9 Å². The number of rotatable bonds is 7. The van der Waals surface area contributed by atoms with Gasteiger partial charge in [-0.15, -0.1) is 0 Å². The molecule has 1 aliphatic rings. The van der Waals surface area contributed by atoms with Crippen molar-refractivity contribution in [2.45, 2.75) is 5.60 Å². The number of aliphatic hydroxyl groups is 1. The minimum atomic E-state index is -1.12. The Bertz CT molecular complexity index is 1530. The van der Waals surface area contributed by atoms with Crippen LogP contribution in [0.5, 0.6) is 0 Å². The van der Waals surface area contributed by atoms with E-state index < -0.39 is 23.2 Å². The molecule has 0 unspecified atom stereocenters. The monoisotopic (exact) mass is 555 g/mol. The smallest absolute Gasteiger partial charge is 0.271 e. The van der Waals surface area contributed by atoms with Crippen molar-refractivity contribution in [2.75, 3.05) is 25.1 Å². The molecule has 2 amide bonds. The third-order valence-electron chi connectivity index (χ3n) is 5.82.